The first-order valence-electron chi connectivity index (χ1n) is 9.57. The van der Waals surface area contributed by atoms with E-state index in [0.29, 0.717) is 28.3 Å². The summed E-state index contributed by atoms with van der Waals surface area (Å²) in [7, 11) is 1.46. The van der Waals surface area contributed by atoms with Crippen LogP contribution in [0.4, 0.5) is 5.69 Å². The Labute approximate surface area is 179 Å². The van der Waals surface area contributed by atoms with E-state index in [9.17, 15) is 14.4 Å². The van der Waals surface area contributed by atoms with Gasteiger partial charge in [-0.25, -0.2) is 9.79 Å². The maximum Gasteiger partial charge on any atom is 0.363 e. The number of carbonyl (C=O) groups is 3. The average molecular weight is 422 g/mol. The fraction of sp³-hybridized carbons (Fsp3) is 0.217. The van der Waals surface area contributed by atoms with Crippen LogP contribution in [0.2, 0.25) is 0 Å². The molecule has 0 bridgehead atoms. The number of nitrogens with zero attached hydrogens (tertiary/aromatic N) is 1. The number of aliphatic imine (C=N–C) groups is 1. The molecule has 1 aliphatic heterocycles. The smallest absolute Gasteiger partial charge is 0.363 e. The molecule has 0 spiro atoms. The van der Waals surface area contributed by atoms with E-state index in [4.69, 9.17) is 14.2 Å². The van der Waals surface area contributed by atoms with Gasteiger partial charge in [-0.1, -0.05) is 19.9 Å². The van der Waals surface area contributed by atoms with Gasteiger partial charge in [0.05, 0.1) is 13.0 Å². The first kappa shape index (κ1) is 21.8. The Morgan fingerprint density at radius 2 is 1.81 bits per heavy atom. The van der Waals surface area contributed by atoms with Crippen LogP contribution in [0.25, 0.3) is 6.08 Å². The van der Waals surface area contributed by atoms with E-state index in [2.05, 4.69) is 10.3 Å². The van der Waals surface area contributed by atoms with E-state index in [1.54, 1.807) is 62.4 Å². The number of anilines is 1. The van der Waals surface area contributed by atoms with Gasteiger partial charge in [-0.3, -0.25) is 9.59 Å². The van der Waals surface area contributed by atoms with E-state index in [1.807, 2.05) is 0 Å². The quantitative estimate of drug-likeness (QED) is 0.434. The van der Waals surface area contributed by atoms with Crippen molar-refractivity contribution in [2.24, 2.45) is 10.9 Å². The van der Waals surface area contributed by atoms with Gasteiger partial charge in [0.1, 0.15) is 0 Å². The number of hydrogen-bond acceptors (Lipinski definition) is 7. The molecule has 8 heteroatoms. The topological polar surface area (TPSA) is 103 Å². The highest BCUT2D eigenvalue weighted by Gasteiger charge is 2.24. The first-order chi connectivity index (χ1) is 14.8. The molecule has 8 nitrogen and oxygen atoms in total. The molecule has 3 rings (SSSR count). The summed E-state index contributed by atoms with van der Waals surface area (Å²) in [5.74, 6) is -0.603. The van der Waals surface area contributed by atoms with Crippen molar-refractivity contribution in [3.05, 3.63) is 59.3 Å². The Kier molecular flexibility index (Phi) is 6.49. The Balaban J connectivity index is 1.82. The molecule has 1 amide bonds. The van der Waals surface area contributed by atoms with Gasteiger partial charge in [0.25, 0.3) is 0 Å². The average Bonchev–Trinajstić information content (AvgIpc) is 3.09. The summed E-state index contributed by atoms with van der Waals surface area (Å²) >= 11 is 0. The molecule has 2 aromatic rings. The lowest BCUT2D eigenvalue weighted by Crippen LogP contribution is -2.15. The van der Waals surface area contributed by atoms with Gasteiger partial charge >= 0.3 is 11.9 Å². The second-order valence-electron chi connectivity index (χ2n) is 7.08. The van der Waals surface area contributed by atoms with Crippen molar-refractivity contribution in [1.29, 1.82) is 0 Å². The van der Waals surface area contributed by atoms with Crippen molar-refractivity contribution >= 4 is 35.5 Å². The second-order valence-corrected chi connectivity index (χ2v) is 7.08. The lowest BCUT2D eigenvalue weighted by Gasteiger charge is -2.11. The molecule has 0 unspecified atom stereocenters. The summed E-state index contributed by atoms with van der Waals surface area (Å²) < 4.78 is 15.9. The zero-order chi connectivity index (χ0) is 22.5. The molecule has 1 N–H and O–H groups in total. The van der Waals surface area contributed by atoms with Crippen LogP contribution in [0, 0.1) is 5.92 Å². The molecule has 0 radical (unpaired) electrons. The van der Waals surface area contributed by atoms with Gasteiger partial charge in [-0.15, -0.1) is 0 Å². The van der Waals surface area contributed by atoms with Gasteiger partial charge < -0.3 is 19.5 Å². The Hall–Kier alpha value is -3.94. The maximum absolute atomic E-state index is 12.3. The third kappa shape index (κ3) is 5.36. The summed E-state index contributed by atoms with van der Waals surface area (Å²) in [6.07, 6.45) is 1.55. The third-order valence-corrected chi connectivity index (χ3v) is 4.25. The van der Waals surface area contributed by atoms with Crippen LogP contribution in [0.5, 0.6) is 11.5 Å². The zero-order valence-corrected chi connectivity index (χ0v) is 17.6. The number of ether oxygens (including phenoxy) is 3. The summed E-state index contributed by atoms with van der Waals surface area (Å²) in [4.78, 5) is 39.5. The number of rotatable bonds is 6. The molecule has 0 fully saturated rings. The zero-order valence-electron chi connectivity index (χ0n) is 17.6. The van der Waals surface area contributed by atoms with Gasteiger partial charge in [0.2, 0.25) is 11.8 Å². The number of carbonyl (C=O) groups excluding carboxylic acids is 3. The molecule has 0 aromatic heterocycles. The Bertz CT molecular complexity index is 1080. The van der Waals surface area contributed by atoms with Gasteiger partial charge in [0, 0.05) is 18.2 Å². The molecule has 0 saturated heterocycles. The Morgan fingerprint density at radius 1 is 1.10 bits per heavy atom. The summed E-state index contributed by atoms with van der Waals surface area (Å²) in [5, 5.41) is 2.66. The fourth-order valence-corrected chi connectivity index (χ4v) is 2.67. The standard InChI is InChI=1S/C23H22N2O6/c1-13(2)22(27)30-19-10-5-15(12-20(19)29-4)11-18-23(28)31-21(25-18)16-6-8-17(9-7-16)24-14(3)26/h5-13H,1-4H3,(H,24,26)/b18-11-. The minimum atomic E-state index is -0.588. The highest BCUT2D eigenvalue weighted by molar-refractivity contribution is 6.13. The molecule has 2 aromatic carbocycles. The molecular weight excluding hydrogens is 400 g/mol. The predicted octanol–water partition coefficient (Wildman–Crippen LogP) is 3.56. The van der Waals surface area contributed by atoms with Crippen LogP contribution in [-0.2, 0) is 19.1 Å². The minimum absolute atomic E-state index is 0.120. The van der Waals surface area contributed by atoms with Gasteiger partial charge in [-0.2, -0.15) is 0 Å². The molecule has 1 heterocycles. The highest BCUT2D eigenvalue weighted by atomic mass is 16.6. The SMILES string of the molecule is COc1cc(/C=C2\N=C(c3ccc(NC(C)=O)cc3)OC2=O)ccc1OC(=O)C(C)C. The highest BCUT2D eigenvalue weighted by Crippen LogP contribution is 2.30. The largest absolute Gasteiger partial charge is 0.493 e. The molecule has 0 atom stereocenters. The Morgan fingerprint density at radius 3 is 2.42 bits per heavy atom. The summed E-state index contributed by atoms with van der Waals surface area (Å²) in [6.45, 7) is 4.90. The molecular formula is C23H22N2O6. The van der Waals surface area contributed by atoms with Gasteiger partial charge in [0.15, 0.2) is 17.2 Å². The van der Waals surface area contributed by atoms with Crippen molar-refractivity contribution < 1.29 is 28.6 Å². The van der Waals surface area contributed by atoms with Crippen LogP contribution in [0.15, 0.2) is 53.2 Å². The van der Waals surface area contributed by atoms with E-state index >= 15 is 0 Å². The maximum atomic E-state index is 12.3. The van der Waals surface area contributed by atoms with Crippen LogP contribution >= 0.6 is 0 Å². The fourth-order valence-electron chi connectivity index (χ4n) is 2.67. The number of nitrogens with one attached hydrogen (secondary N) is 1. The van der Waals surface area contributed by atoms with Crippen molar-refractivity contribution in [2.45, 2.75) is 20.8 Å². The normalized spacial score (nSPS) is 14.3. The third-order valence-electron chi connectivity index (χ3n) is 4.25. The van der Waals surface area contributed by atoms with E-state index < -0.39 is 5.97 Å². The predicted molar refractivity (Wildman–Crippen MR) is 115 cm³/mol. The first-order valence-corrected chi connectivity index (χ1v) is 9.57. The lowest BCUT2D eigenvalue weighted by molar-refractivity contribution is -0.138. The monoisotopic (exact) mass is 422 g/mol. The summed E-state index contributed by atoms with van der Waals surface area (Å²) in [5.41, 5.74) is 1.97. The van der Waals surface area contributed by atoms with Crippen molar-refractivity contribution in [2.75, 3.05) is 12.4 Å². The lowest BCUT2D eigenvalue weighted by atomic mass is 10.1. The van der Waals surface area contributed by atoms with E-state index in [-0.39, 0.29) is 29.4 Å². The number of benzene rings is 2. The van der Waals surface area contributed by atoms with Crippen LogP contribution in [-0.4, -0.2) is 30.9 Å². The van der Waals surface area contributed by atoms with Gasteiger partial charge in [-0.05, 0) is 48.0 Å². The second kappa shape index (κ2) is 9.25. The molecule has 0 saturated carbocycles. The van der Waals surface area contributed by atoms with Crippen molar-refractivity contribution in [1.82, 2.24) is 0 Å². The van der Waals surface area contributed by atoms with Crippen molar-refractivity contribution in [3.63, 3.8) is 0 Å². The minimum Gasteiger partial charge on any atom is -0.493 e. The number of amides is 1. The molecule has 31 heavy (non-hydrogen) atoms. The molecule has 1 aliphatic rings. The number of methoxy groups -OCH3 is 1. The summed E-state index contributed by atoms with van der Waals surface area (Å²) in [6, 6.07) is 11.7. The van der Waals surface area contributed by atoms with Crippen LogP contribution < -0.4 is 14.8 Å². The number of cyclic esters (lactones) is 1. The van der Waals surface area contributed by atoms with Crippen LogP contribution in [0.1, 0.15) is 31.9 Å². The number of esters is 2. The van der Waals surface area contributed by atoms with E-state index in [0.717, 1.165) is 0 Å². The van der Waals surface area contributed by atoms with E-state index in [1.165, 1.54) is 14.0 Å². The van der Waals surface area contributed by atoms with Crippen LogP contribution in [0.3, 0.4) is 0 Å². The molecule has 0 aliphatic carbocycles. The number of hydrogen-bond donors (Lipinski definition) is 1. The molecule has 160 valence electrons. The van der Waals surface area contributed by atoms with Crippen molar-refractivity contribution in [3.8, 4) is 11.5 Å².